The Hall–Kier alpha value is -0.640. The third-order valence-corrected chi connectivity index (χ3v) is 2.93. The molecule has 2 nitrogen and oxygen atoms in total. The van der Waals surface area contributed by atoms with Crippen molar-refractivity contribution in [1.29, 1.82) is 0 Å². The summed E-state index contributed by atoms with van der Waals surface area (Å²) in [5, 5.41) is 0. The fourth-order valence-electron chi connectivity index (χ4n) is 1.93. The van der Waals surface area contributed by atoms with Crippen LogP contribution in [0.15, 0.2) is 12.5 Å². The molecular formula is C9H11ClF2N2. The highest BCUT2D eigenvalue weighted by molar-refractivity contribution is 6.16. The highest BCUT2D eigenvalue weighted by atomic mass is 35.5. The molecule has 14 heavy (non-hydrogen) atoms. The Bertz CT molecular complexity index is 324. The van der Waals surface area contributed by atoms with Gasteiger partial charge in [0.25, 0.3) is 0 Å². The first kappa shape index (κ1) is 9.90. The van der Waals surface area contributed by atoms with E-state index in [1.807, 2.05) is 0 Å². The van der Waals surface area contributed by atoms with Crippen molar-refractivity contribution in [1.82, 2.24) is 9.55 Å². The van der Waals surface area contributed by atoms with Crippen LogP contribution in [0.25, 0.3) is 0 Å². The van der Waals surface area contributed by atoms with E-state index in [4.69, 9.17) is 11.6 Å². The Morgan fingerprint density at radius 2 is 2.43 bits per heavy atom. The predicted molar refractivity (Wildman–Crippen MR) is 49.6 cm³/mol. The molecule has 1 saturated carbocycles. The van der Waals surface area contributed by atoms with Gasteiger partial charge in [0.2, 0.25) is 5.92 Å². The van der Waals surface area contributed by atoms with Gasteiger partial charge >= 0.3 is 0 Å². The molecule has 2 rings (SSSR count). The van der Waals surface area contributed by atoms with Crippen molar-refractivity contribution >= 4 is 11.6 Å². The first-order valence-electron chi connectivity index (χ1n) is 4.57. The van der Waals surface area contributed by atoms with Crippen molar-refractivity contribution in [3.8, 4) is 0 Å². The summed E-state index contributed by atoms with van der Waals surface area (Å²) in [6.45, 7) is 0. The van der Waals surface area contributed by atoms with Gasteiger partial charge in [-0.2, -0.15) is 0 Å². The number of nitrogens with zero attached hydrogens (tertiary/aromatic N) is 2. The average molecular weight is 221 g/mol. The van der Waals surface area contributed by atoms with Gasteiger partial charge in [-0.1, -0.05) is 0 Å². The van der Waals surface area contributed by atoms with Gasteiger partial charge in [0.05, 0.1) is 17.9 Å². The van der Waals surface area contributed by atoms with Crippen molar-refractivity contribution in [2.75, 3.05) is 0 Å². The molecule has 78 valence electrons. The molecule has 0 aromatic carbocycles. The molecule has 0 N–H and O–H groups in total. The molecule has 1 atom stereocenters. The predicted octanol–water partition coefficient (Wildman–Crippen LogP) is 2.98. The van der Waals surface area contributed by atoms with E-state index in [0.717, 1.165) is 5.69 Å². The van der Waals surface area contributed by atoms with Crippen LogP contribution in [0, 0.1) is 0 Å². The van der Waals surface area contributed by atoms with Crippen LogP contribution in [0.4, 0.5) is 8.78 Å². The molecule has 1 fully saturated rings. The molecule has 0 radical (unpaired) electrons. The number of halogens is 3. The van der Waals surface area contributed by atoms with Crippen LogP contribution in [0.2, 0.25) is 0 Å². The van der Waals surface area contributed by atoms with Crippen LogP contribution in [0.5, 0.6) is 0 Å². The summed E-state index contributed by atoms with van der Waals surface area (Å²) in [6.07, 6.45) is 3.60. The van der Waals surface area contributed by atoms with Gasteiger partial charge < -0.3 is 4.57 Å². The van der Waals surface area contributed by atoms with Crippen LogP contribution in [-0.2, 0) is 5.88 Å². The Balaban J connectivity index is 2.17. The first-order chi connectivity index (χ1) is 6.62. The third-order valence-electron chi connectivity index (χ3n) is 2.65. The molecule has 0 bridgehead atoms. The summed E-state index contributed by atoms with van der Waals surface area (Å²) in [5.74, 6) is -2.19. The molecule has 1 unspecified atom stereocenters. The van der Waals surface area contributed by atoms with E-state index < -0.39 is 5.92 Å². The van der Waals surface area contributed by atoms with Crippen molar-refractivity contribution in [2.24, 2.45) is 0 Å². The summed E-state index contributed by atoms with van der Waals surface area (Å²) >= 11 is 5.67. The van der Waals surface area contributed by atoms with E-state index in [2.05, 4.69) is 4.98 Å². The maximum absolute atomic E-state index is 13.0. The molecular weight excluding hydrogens is 210 g/mol. The third kappa shape index (κ3) is 1.75. The second kappa shape index (κ2) is 3.50. The molecule has 1 heterocycles. The van der Waals surface area contributed by atoms with Crippen LogP contribution < -0.4 is 0 Å². The van der Waals surface area contributed by atoms with E-state index in [1.54, 1.807) is 17.1 Å². The molecule has 1 aromatic heterocycles. The quantitative estimate of drug-likeness (QED) is 0.701. The fourth-order valence-corrected chi connectivity index (χ4v) is 2.14. The minimum Gasteiger partial charge on any atom is -0.330 e. The average Bonchev–Trinajstić information content (AvgIpc) is 2.70. The molecule has 0 aliphatic heterocycles. The van der Waals surface area contributed by atoms with Crippen molar-refractivity contribution in [3.05, 3.63) is 18.2 Å². The number of alkyl halides is 3. The smallest absolute Gasteiger partial charge is 0.250 e. The standard InChI is InChI=1S/C9H11ClF2N2/c10-4-8-5-13-6-14(8)7-1-2-9(11,12)3-7/h5-7H,1-4H2. The molecule has 5 heteroatoms. The second-order valence-corrected chi connectivity index (χ2v) is 3.95. The Morgan fingerprint density at radius 1 is 1.64 bits per heavy atom. The summed E-state index contributed by atoms with van der Waals surface area (Å²) in [6, 6.07) is -0.138. The number of hydrogen-bond donors (Lipinski definition) is 0. The first-order valence-corrected chi connectivity index (χ1v) is 5.10. The van der Waals surface area contributed by atoms with Crippen LogP contribution >= 0.6 is 11.6 Å². The van der Waals surface area contributed by atoms with E-state index in [0.29, 0.717) is 12.3 Å². The number of rotatable bonds is 2. The molecule has 0 amide bonds. The molecule has 1 aromatic rings. The monoisotopic (exact) mass is 220 g/mol. The zero-order valence-corrected chi connectivity index (χ0v) is 8.34. The Kier molecular flexibility index (Phi) is 2.47. The van der Waals surface area contributed by atoms with E-state index in [-0.39, 0.29) is 18.9 Å². The number of imidazole rings is 1. The largest absolute Gasteiger partial charge is 0.330 e. The van der Waals surface area contributed by atoms with Gasteiger partial charge in [-0.3, -0.25) is 0 Å². The minimum absolute atomic E-state index is 0.0302. The molecule has 0 saturated heterocycles. The molecule has 0 spiro atoms. The Morgan fingerprint density at radius 3 is 3.00 bits per heavy atom. The highest BCUT2D eigenvalue weighted by Crippen LogP contribution is 2.41. The van der Waals surface area contributed by atoms with E-state index in [9.17, 15) is 8.78 Å². The van der Waals surface area contributed by atoms with Gasteiger partial charge in [0.15, 0.2) is 0 Å². The van der Waals surface area contributed by atoms with Crippen molar-refractivity contribution in [2.45, 2.75) is 37.1 Å². The summed E-state index contributed by atoms with van der Waals surface area (Å²) in [5.41, 5.74) is 0.814. The normalized spacial score (nSPS) is 25.5. The topological polar surface area (TPSA) is 17.8 Å². The maximum atomic E-state index is 13.0. The minimum atomic E-state index is -2.52. The Labute approximate surface area is 85.9 Å². The van der Waals surface area contributed by atoms with Gasteiger partial charge in [0.1, 0.15) is 0 Å². The van der Waals surface area contributed by atoms with E-state index in [1.165, 1.54) is 0 Å². The second-order valence-electron chi connectivity index (χ2n) is 3.68. The van der Waals surface area contributed by atoms with E-state index >= 15 is 0 Å². The fraction of sp³-hybridized carbons (Fsp3) is 0.667. The summed E-state index contributed by atoms with van der Waals surface area (Å²) in [7, 11) is 0. The van der Waals surface area contributed by atoms with Crippen LogP contribution in [0.1, 0.15) is 31.0 Å². The zero-order chi connectivity index (χ0) is 10.2. The lowest BCUT2D eigenvalue weighted by molar-refractivity contribution is 0.00557. The molecule has 1 aliphatic carbocycles. The van der Waals surface area contributed by atoms with Gasteiger partial charge in [0, 0.05) is 25.1 Å². The zero-order valence-electron chi connectivity index (χ0n) is 7.59. The number of hydrogen-bond acceptors (Lipinski definition) is 1. The van der Waals surface area contributed by atoms with Gasteiger partial charge in [-0.25, -0.2) is 13.8 Å². The molecule has 1 aliphatic rings. The van der Waals surface area contributed by atoms with Crippen molar-refractivity contribution in [3.63, 3.8) is 0 Å². The maximum Gasteiger partial charge on any atom is 0.250 e. The summed E-state index contributed by atoms with van der Waals surface area (Å²) in [4.78, 5) is 3.92. The van der Waals surface area contributed by atoms with Gasteiger partial charge in [-0.05, 0) is 6.42 Å². The van der Waals surface area contributed by atoms with Gasteiger partial charge in [-0.15, -0.1) is 11.6 Å². The lowest BCUT2D eigenvalue weighted by Gasteiger charge is -2.14. The number of aromatic nitrogens is 2. The summed E-state index contributed by atoms with van der Waals surface area (Å²) < 4.78 is 27.7. The lowest BCUT2D eigenvalue weighted by Crippen LogP contribution is -2.12. The van der Waals surface area contributed by atoms with Crippen LogP contribution in [-0.4, -0.2) is 15.5 Å². The SMILES string of the molecule is FC1(F)CCC(n2cncc2CCl)C1. The van der Waals surface area contributed by atoms with Crippen molar-refractivity contribution < 1.29 is 8.78 Å². The highest BCUT2D eigenvalue weighted by Gasteiger charge is 2.40. The lowest BCUT2D eigenvalue weighted by atomic mass is 10.2. The van der Waals surface area contributed by atoms with Crippen LogP contribution in [0.3, 0.4) is 0 Å².